The van der Waals surface area contributed by atoms with Crippen LogP contribution in [0.3, 0.4) is 0 Å². The molecule has 1 unspecified atom stereocenters. The van der Waals surface area contributed by atoms with Gasteiger partial charge in [0.2, 0.25) is 0 Å². The van der Waals surface area contributed by atoms with E-state index in [9.17, 15) is 4.39 Å². The van der Waals surface area contributed by atoms with Crippen molar-refractivity contribution in [2.75, 3.05) is 14.2 Å². The number of hydrogen-bond donors (Lipinski definition) is 1. The van der Waals surface area contributed by atoms with Gasteiger partial charge in [-0.3, -0.25) is 0 Å². The van der Waals surface area contributed by atoms with Gasteiger partial charge >= 0.3 is 0 Å². The number of benzene rings is 1. The SMILES string of the molecule is CNC(c1csc(I)c1)c1cc(Br)c(F)cc1OC. The Kier molecular flexibility index (Phi) is 5.22. The third-order valence-corrected chi connectivity index (χ3v) is 5.21. The van der Waals surface area contributed by atoms with Crippen LogP contribution in [0.2, 0.25) is 0 Å². The van der Waals surface area contributed by atoms with Gasteiger partial charge in [-0.25, -0.2) is 4.39 Å². The van der Waals surface area contributed by atoms with Crippen LogP contribution in [0.15, 0.2) is 28.1 Å². The fraction of sp³-hybridized carbons (Fsp3) is 0.231. The van der Waals surface area contributed by atoms with E-state index in [0.29, 0.717) is 10.2 Å². The minimum absolute atomic E-state index is 0.0217. The van der Waals surface area contributed by atoms with Gasteiger partial charge < -0.3 is 10.1 Å². The molecule has 1 aromatic heterocycles. The van der Waals surface area contributed by atoms with E-state index in [1.165, 1.54) is 8.95 Å². The van der Waals surface area contributed by atoms with E-state index in [4.69, 9.17) is 4.74 Å². The predicted octanol–water partition coefficient (Wildman–Crippen LogP) is 4.57. The molecule has 2 rings (SSSR count). The molecule has 0 aliphatic carbocycles. The third-order valence-electron chi connectivity index (χ3n) is 2.79. The molecular weight excluding hydrogens is 444 g/mol. The summed E-state index contributed by atoms with van der Waals surface area (Å²) in [6.45, 7) is 0. The van der Waals surface area contributed by atoms with Crippen LogP contribution in [-0.4, -0.2) is 14.2 Å². The van der Waals surface area contributed by atoms with Crippen LogP contribution >= 0.6 is 49.9 Å². The molecular formula is C13H12BrFINOS. The maximum atomic E-state index is 13.6. The summed E-state index contributed by atoms with van der Waals surface area (Å²) in [7, 11) is 3.43. The topological polar surface area (TPSA) is 21.3 Å². The Balaban J connectivity index is 2.51. The fourth-order valence-electron chi connectivity index (χ4n) is 1.92. The fourth-order valence-corrected chi connectivity index (χ4v) is 3.68. The van der Waals surface area contributed by atoms with Crippen molar-refractivity contribution in [2.45, 2.75) is 6.04 Å². The van der Waals surface area contributed by atoms with Gasteiger partial charge in [0.25, 0.3) is 0 Å². The lowest BCUT2D eigenvalue weighted by molar-refractivity contribution is 0.401. The second-order valence-corrected chi connectivity index (χ2v) is 7.57. The molecule has 0 spiro atoms. The monoisotopic (exact) mass is 455 g/mol. The van der Waals surface area contributed by atoms with E-state index in [2.05, 4.69) is 55.3 Å². The van der Waals surface area contributed by atoms with Gasteiger partial charge in [-0.05, 0) is 68.6 Å². The lowest BCUT2D eigenvalue weighted by Crippen LogP contribution is -2.18. The van der Waals surface area contributed by atoms with E-state index in [-0.39, 0.29) is 11.9 Å². The molecule has 0 amide bonds. The number of thiophene rings is 1. The number of halogens is 3. The summed E-state index contributed by atoms with van der Waals surface area (Å²) in [5.74, 6) is 0.219. The van der Waals surface area contributed by atoms with Gasteiger partial charge in [0.15, 0.2) is 0 Å². The maximum absolute atomic E-state index is 13.6. The summed E-state index contributed by atoms with van der Waals surface area (Å²) in [4.78, 5) is 0. The van der Waals surface area contributed by atoms with E-state index >= 15 is 0 Å². The minimum atomic E-state index is -0.324. The Morgan fingerprint density at radius 1 is 1.42 bits per heavy atom. The summed E-state index contributed by atoms with van der Waals surface area (Å²) in [5.41, 5.74) is 2.06. The first-order valence-corrected chi connectivity index (χ1v) is 8.26. The van der Waals surface area contributed by atoms with Crippen molar-refractivity contribution in [3.8, 4) is 5.75 Å². The molecule has 6 heteroatoms. The van der Waals surface area contributed by atoms with Gasteiger partial charge in [0, 0.05) is 11.6 Å². The Morgan fingerprint density at radius 3 is 2.68 bits per heavy atom. The molecule has 1 atom stereocenters. The van der Waals surface area contributed by atoms with Crippen molar-refractivity contribution in [3.63, 3.8) is 0 Å². The quantitative estimate of drug-likeness (QED) is 0.681. The van der Waals surface area contributed by atoms with Crippen LogP contribution in [-0.2, 0) is 0 Å². The number of hydrogen-bond acceptors (Lipinski definition) is 3. The molecule has 0 aliphatic rings. The van der Waals surface area contributed by atoms with Crippen LogP contribution in [0.1, 0.15) is 17.2 Å². The Bertz CT molecular complexity index is 590. The first-order valence-electron chi connectivity index (χ1n) is 5.51. The highest BCUT2D eigenvalue weighted by Crippen LogP contribution is 2.35. The van der Waals surface area contributed by atoms with Gasteiger partial charge in [-0.1, -0.05) is 0 Å². The molecule has 1 aromatic carbocycles. The molecule has 0 bridgehead atoms. The number of rotatable bonds is 4. The zero-order chi connectivity index (χ0) is 14.0. The molecule has 0 saturated carbocycles. The van der Waals surface area contributed by atoms with Crippen molar-refractivity contribution in [1.82, 2.24) is 5.32 Å². The van der Waals surface area contributed by atoms with Crippen molar-refractivity contribution in [3.05, 3.63) is 47.9 Å². The van der Waals surface area contributed by atoms with Gasteiger partial charge in [0.1, 0.15) is 11.6 Å². The average molecular weight is 456 g/mol. The smallest absolute Gasteiger partial charge is 0.141 e. The van der Waals surface area contributed by atoms with Gasteiger partial charge in [-0.2, -0.15) is 0 Å². The molecule has 19 heavy (non-hydrogen) atoms. The van der Waals surface area contributed by atoms with Crippen molar-refractivity contribution in [2.24, 2.45) is 0 Å². The average Bonchev–Trinajstić information content (AvgIpc) is 2.81. The zero-order valence-corrected chi connectivity index (χ0v) is 14.9. The molecule has 2 aromatic rings. The first kappa shape index (κ1) is 15.2. The summed E-state index contributed by atoms with van der Waals surface area (Å²) in [5, 5.41) is 5.35. The van der Waals surface area contributed by atoms with Crippen molar-refractivity contribution in [1.29, 1.82) is 0 Å². The first-order chi connectivity index (χ1) is 9.06. The summed E-state index contributed by atoms with van der Waals surface area (Å²) >= 11 is 7.20. The molecule has 0 aliphatic heterocycles. The molecule has 0 fully saturated rings. The third kappa shape index (κ3) is 3.29. The van der Waals surface area contributed by atoms with Gasteiger partial charge in [-0.15, -0.1) is 11.3 Å². The Hall–Kier alpha value is -0.180. The van der Waals surface area contributed by atoms with E-state index in [1.54, 1.807) is 24.5 Å². The molecule has 1 N–H and O–H groups in total. The molecule has 0 radical (unpaired) electrons. The van der Waals surface area contributed by atoms with E-state index in [0.717, 1.165) is 11.1 Å². The van der Waals surface area contributed by atoms with Crippen molar-refractivity contribution < 1.29 is 9.13 Å². The van der Waals surface area contributed by atoms with Crippen molar-refractivity contribution >= 4 is 49.9 Å². The normalized spacial score (nSPS) is 12.5. The van der Waals surface area contributed by atoms with Crippen LogP contribution in [0.4, 0.5) is 4.39 Å². The number of methoxy groups -OCH3 is 1. The number of ether oxygens (including phenoxy) is 1. The Morgan fingerprint density at radius 2 is 2.16 bits per heavy atom. The Labute approximate surface area is 137 Å². The number of nitrogens with one attached hydrogen (secondary N) is 1. The van der Waals surface area contributed by atoms with Crippen LogP contribution in [0, 0.1) is 8.70 Å². The lowest BCUT2D eigenvalue weighted by atomic mass is 10.0. The molecule has 102 valence electrons. The highest BCUT2D eigenvalue weighted by Gasteiger charge is 2.20. The summed E-state index contributed by atoms with van der Waals surface area (Å²) in [6, 6.07) is 5.26. The minimum Gasteiger partial charge on any atom is -0.496 e. The second kappa shape index (κ2) is 6.51. The van der Waals surface area contributed by atoms with E-state index in [1.807, 2.05) is 7.05 Å². The second-order valence-electron chi connectivity index (χ2n) is 3.91. The highest BCUT2D eigenvalue weighted by molar-refractivity contribution is 14.1. The van der Waals surface area contributed by atoms with Crippen LogP contribution in [0.25, 0.3) is 0 Å². The standard InChI is InChI=1S/C13H12BrFINOS/c1-17-13(7-3-12(16)19-6-7)8-4-9(14)10(15)5-11(8)18-2/h3-6,13,17H,1-2H3. The van der Waals surface area contributed by atoms with Crippen LogP contribution in [0.5, 0.6) is 5.75 Å². The maximum Gasteiger partial charge on any atom is 0.141 e. The van der Waals surface area contributed by atoms with E-state index < -0.39 is 0 Å². The molecule has 2 nitrogen and oxygen atoms in total. The molecule has 1 heterocycles. The lowest BCUT2D eigenvalue weighted by Gasteiger charge is -2.19. The predicted molar refractivity (Wildman–Crippen MR) is 88.6 cm³/mol. The summed E-state index contributed by atoms with van der Waals surface area (Å²) in [6.07, 6.45) is 0. The largest absolute Gasteiger partial charge is 0.496 e. The van der Waals surface area contributed by atoms with Crippen LogP contribution < -0.4 is 10.1 Å². The highest BCUT2D eigenvalue weighted by atomic mass is 127. The summed E-state index contributed by atoms with van der Waals surface area (Å²) < 4.78 is 20.5. The zero-order valence-electron chi connectivity index (χ0n) is 10.3. The molecule has 0 saturated heterocycles. The van der Waals surface area contributed by atoms with Gasteiger partial charge in [0.05, 0.1) is 20.5 Å².